The molecule has 0 radical (unpaired) electrons. The maximum Gasteiger partial charge on any atom is 0.123 e. The molecule has 106 valence electrons. The smallest absolute Gasteiger partial charge is 0.123 e. The van der Waals surface area contributed by atoms with E-state index >= 15 is 0 Å². The zero-order chi connectivity index (χ0) is 14.6. The Kier molecular flexibility index (Phi) is 4.40. The van der Waals surface area contributed by atoms with E-state index in [1.165, 1.54) is 12.1 Å². The lowest BCUT2D eigenvalue weighted by molar-refractivity contribution is 0.317. The van der Waals surface area contributed by atoms with Crippen LogP contribution in [0.4, 0.5) is 4.39 Å². The second-order valence-electron chi connectivity index (χ2n) is 5.08. The summed E-state index contributed by atoms with van der Waals surface area (Å²) in [5.41, 5.74) is 7.58. The maximum atomic E-state index is 13.0. The molecule has 0 amide bonds. The van der Waals surface area contributed by atoms with E-state index < -0.39 is 5.54 Å². The van der Waals surface area contributed by atoms with Crippen LogP contribution in [0.5, 0.6) is 5.75 Å². The van der Waals surface area contributed by atoms with Gasteiger partial charge in [-0.05, 0) is 48.7 Å². The molecular weight excluding hydrogens is 253 g/mol. The molecule has 20 heavy (non-hydrogen) atoms. The molecule has 1 unspecified atom stereocenters. The van der Waals surface area contributed by atoms with Gasteiger partial charge in [-0.1, -0.05) is 31.2 Å². The van der Waals surface area contributed by atoms with Gasteiger partial charge in [0.15, 0.2) is 0 Å². The summed E-state index contributed by atoms with van der Waals surface area (Å²) in [6, 6.07) is 14.0. The topological polar surface area (TPSA) is 35.2 Å². The molecular formula is C17H20FNO. The summed E-state index contributed by atoms with van der Waals surface area (Å²) in [5.74, 6) is 0.582. The molecule has 1 atom stereocenters. The van der Waals surface area contributed by atoms with Gasteiger partial charge in [-0.25, -0.2) is 4.39 Å². The van der Waals surface area contributed by atoms with Crippen molar-refractivity contribution in [2.45, 2.75) is 25.8 Å². The molecule has 2 aromatic rings. The predicted molar refractivity (Wildman–Crippen MR) is 79.3 cm³/mol. The summed E-state index contributed by atoms with van der Waals surface area (Å²) >= 11 is 0. The van der Waals surface area contributed by atoms with Gasteiger partial charge in [0.25, 0.3) is 0 Å². The van der Waals surface area contributed by atoms with Crippen molar-refractivity contribution in [3.05, 3.63) is 65.5 Å². The Morgan fingerprint density at radius 1 is 1.00 bits per heavy atom. The third-order valence-corrected chi connectivity index (χ3v) is 3.37. The molecule has 0 saturated heterocycles. The highest BCUT2D eigenvalue weighted by Crippen LogP contribution is 2.28. The van der Waals surface area contributed by atoms with Gasteiger partial charge in [-0.2, -0.15) is 0 Å². The van der Waals surface area contributed by atoms with Crippen molar-refractivity contribution >= 4 is 0 Å². The van der Waals surface area contributed by atoms with Crippen molar-refractivity contribution in [3.63, 3.8) is 0 Å². The highest BCUT2D eigenvalue weighted by atomic mass is 19.1. The van der Waals surface area contributed by atoms with Crippen molar-refractivity contribution in [3.8, 4) is 5.75 Å². The lowest BCUT2D eigenvalue weighted by Gasteiger charge is -2.26. The zero-order valence-electron chi connectivity index (χ0n) is 11.9. The average Bonchev–Trinajstić information content (AvgIpc) is 2.46. The van der Waals surface area contributed by atoms with E-state index in [0.717, 1.165) is 23.3 Å². The van der Waals surface area contributed by atoms with Crippen LogP contribution in [0.15, 0.2) is 48.5 Å². The van der Waals surface area contributed by atoms with E-state index in [9.17, 15) is 4.39 Å². The summed E-state index contributed by atoms with van der Waals surface area (Å²) in [7, 11) is 0. The normalized spacial score (nSPS) is 13.8. The van der Waals surface area contributed by atoms with Gasteiger partial charge in [0.05, 0.1) is 12.1 Å². The van der Waals surface area contributed by atoms with E-state index in [0.29, 0.717) is 6.61 Å². The minimum Gasteiger partial charge on any atom is -0.494 e. The molecule has 2 nitrogen and oxygen atoms in total. The predicted octanol–water partition coefficient (Wildman–Crippen LogP) is 3.84. The number of rotatable bonds is 5. The van der Waals surface area contributed by atoms with Crippen LogP contribution in [0.3, 0.4) is 0 Å². The highest BCUT2D eigenvalue weighted by Gasteiger charge is 2.23. The Bertz CT molecular complexity index is 546. The van der Waals surface area contributed by atoms with Crippen LogP contribution >= 0.6 is 0 Å². The standard InChI is InChI=1S/C17H20FNO/c1-3-12-20-16-10-6-14(7-11-16)17(2,19)13-4-8-15(18)9-5-13/h4-11H,3,12,19H2,1-2H3. The van der Waals surface area contributed by atoms with E-state index in [1.807, 2.05) is 31.2 Å². The van der Waals surface area contributed by atoms with E-state index in [2.05, 4.69) is 6.92 Å². The molecule has 0 spiro atoms. The van der Waals surface area contributed by atoms with Gasteiger partial charge in [0.2, 0.25) is 0 Å². The summed E-state index contributed by atoms with van der Waals surface area (Å²) in [4.78, 5) is 0. The molecule has 0 aliphatic heterocycles. The number of benzene rings is 2. The quantitative estimate of drug-likeness (QED) is 0.898. The monoisotopic (exact) mass is 273 g/mol. The first-order valence-electron chi connectivity index (χ1n) is 6.82. The van der Waals surface area contributed by atoms with Crippen molar-refractivity contribution in [1.82, 2.24) is 0 Å². The number of hydrogen-bond acceptors (Lipinski definition) is 2. The summed E-state index contributed by atoms with van der Waals surface area (Å²) in [6.45, 7) is 4.69. The maximum absolute atomic E-state index is 13.0. The second kappa shape index (κ2) is 6.06. The number of nitrogens with two attached hydrogens (primary N) is 1. The largest absolute Gasteiger partial charge is 0.494 e. The fraction of sp³-hybridized carbons (Fsp3) is 0.294. The molecule has 0 aliphatic carbocycles. The van der Waals surface area contributed by atoms with Crippen molar-refractivity contribution in [2.24, 2.45) is 5.73 Å². The first-order chi connectivity index (χ1) is 9.54. The molecule has 0 fully saturated rings. The SMILES string of the molecule is CCCOc1ccc(C(C)(N)c2ccc(F)cc2)cc1. The Labute approximate surface area is 119 Å². The lowest BCUT2D eigenvalue weighted by atomic mass is 9.86. The minimum absolute atomic E-state index is 0.257. The molecule has 0 saturated carbocycles. The van der Waals surface area contributed by atoms with Crippen LogP contribution < -0.4 is 10.5 Å². The van der Waals surface area contributed by atoms with Gasteiger partial charge in [-0.15, -0.1) is 0 Å². The molecule has 2 aromatic carbocycles. The van der Waals surface area contributed by atoms with Gasteiger partial charge in [0.1, 0.15) is 11.6 Å². The van der Waals surface area contributed by atoms with Gasteiger partial charge >= 0.3 is 0 Å². The first-order valence-corrected chi connectivity index (χ1v) is 6.82. The molecule has 2 rings (SSSR count). The number of hydrogen-bond donors (Lipinski definition) is 1. The lowest BCUT2D eigenvalue weighted by Crippen LogP contribution is -2.34. The first kappa shape index (κ1) is 14.5. The molecule has 0 aromatic heterocycles. The molecule has 0 heterocycles. The van der Waals surface area contributed by atoms with E-state index in [1.54, 1.807) is 12.1 Å². The van der Waals surface area contributed by atoms with Gasteiger partial charge in [-0.3, -0.25) is 0 Å². The highest BCUT2D eigenvalue weighted by molar-refractivity contribution is 5.39. The van der Waals surface area contributed by atoms with Crippen LogP contribution in [-0.2, 0) is 5.54 Å². The van der Waals surface area contributed by atoms with Crippen molar-refractivity contribution in [2.75, 3.05) is 6.61 Å². The van der Waals surface area contributed by atoms with Crippen molar-refractivity contribution in [1.29, 1.82) is 0 Å². The van der Waals surface area contributed by atoms with Crippen LogP contribution in [0, 0.1) is 5.82 Å². The Balaban J connectivity index is 2.22. The fourth-order valence-corrected chi connectivity index (χ4v) is 2.08. The van der Waals surface area contributed by atoms with Crippen LogP contribution in [0.1, 0.15) is 31.4 Å². The van der Waals surface area contributed by atoms with Gasteiger partial charge in [0, 0.05) is 0 Å². The van der Waals surface area contributed by atoms with E-state index in [4.69, 9.17) is 10.5 Å². The molecule has 0 bridgehead atoms. The summed E-state index contributed by atoms with van der Waals surface area (Å²) < 4.78 is 18.5. The average molecular weight is 273 g/mol. The molecule has 3 heteroatoms. The Morgan fingerprint density at radius 2 is 1.50 bits per heavy atom. The van der Waals surface area contributed by atoms with Crippen molar-refractivity contribution < 1.29 is 9.13 Å². The van der Waals surface area contributed by atoms with E-state index in [-0.39, 0.29) is 5.82 Å². The Hall–Kier alpha value is -1.87. The number of halogens is 1. The summed E-state index contributed by atoms with van der Waals surface area (Å²) in [5, 5.41) is 0. The third-order valence-electron chi connectivity index (χ3n) is 3.37. The molecule has 0 aliphatic rings. The number of ether oxygens (including phenoxy) is 1. The Morgan fingerprint density at radius 3 is 2.00 bits per heavy atom. The zero-order valence-corrected chi connectivity index (χ0v) is 11.9. The van der Waals surface area contributed by atoms with Crippen LogP contribution in [0.2, 0.25) is 0 Å². The van der Waals surface area contributed by atoms with Gasteiger partial charge < -0.3 is 10.5 Å². The fourth-order valence-electron chi connectivity index (χ4n) is 2.08. The minimum atomic E-state index is -0.656. The third kappa shape index (κ3) is 3.17. The van der Waals surface area contributed by atoms with Crippen LogP contribution in [0.25, 0.3) is 0 Å². The second-order valence-corrected chi connectivity index (χ2v) is 5.08. The summed E-state index contributed by atoms with van der Waals surface area (Å²) in [6.07, 6.45) is 0.978. The molecule has 2 N–H and O–H groups in total. The van der Waals surface area contributed by atoms with Crippen LogP contribution in [-0.4, -0.2) is 6.61 Å².